The summed E-state index contributed by atoms with van der Waals surface area (Å²) in [5, 5.41) is 0. The number of allylic oxidation sites excluding steroid dienone is 4. The highest BCUT2D eigenvalue weighted by atomic mass is 14.4. The highest BCUT2D eigenvalue weighted by molar-refractivity contribution is 5.58. The first kappa shape index (κ1) is 11.2. The van der Waals surface area contributed by atoms with E-state index in [0.29, 0.717) is 0 Å². The predicted molar refractivity (Wildman–Crippen MR) is 70.5 cm³/mol. The third-order valence-corrected chi connectivity index (χ3v) is 4.54. The van der Waals surface area contributed by atoms with E-state index < -0.39 is 0 Å². The Hall–Kier alpha value is -1.30. The van der Waals surface area contributed by atoms with Gasteiger partial charge in [0.1, 0.15) is 0 Å². The van der Waals surface area contributed by atoms with Crippen molar-refractivity contribution in [3.8, 4) is 0 Å². The molecule has 0 amide bonds. The molecule has 84 valence electrons. The molecule has 1 aromatic rings. The van der Waals surface area contributed by atoms with Crippen LogP contribution in [0.3, 0.4) is 0 Å². The molecule has 0 fully saturated rings. The Morgan fingerprint density at radius 3 is 1.62 bits per heavy atom. The van der Waals surface area contributed by atoms with E-state index in [1.807, 2.05) is 0 Å². The summed E-state index contributed by atoms with van der Waals surface area (Å²) in [6.45, 7) is 11.3. The largest absolute Gasteiger partial charge is 0.0622 e. The van der Waals surface area contributed by atoms with Gasteiger partial charge < -0.3 is 0 Å². The second-order valence-electron chi connectivity index (χ2n) is 4.99. The molecule has 16 heavy (non-hydrogen) atoms. The van der Waals surface area contributed by atoms with Crippen LogP contribution in [0.2, 0.25) is 0 Å². The van der Waals surface area contributed by atoms with Crippen molar-refractivity contribution in [3.63, 3.8) is 0 Å². The maximum atomic E-state index is 2.34. The zero-order chi connectivity index (χ0) is 11.9. The molecular weight excluding hydrogens is 192 g/mol. The maximum Gasteiger partial charge on any atom is 0.0348 e. The summed E-state index contributed by atoms with van der Waals surface area (Å²) in [5.41, 5.74) is 7.42. The van der Waals surface area contributed by atoms with Crippen LogP contribution in [0.4, 0.5) is 0 Å². The lowest BCUT2D eigenvalue weighted by Crippen LogP contribution is -2.22. The van der Waals surface area contributed by atoms with Crippen LogP contribution in [-0.2, 0) is 5.41 Å². The Morgan fingerprint density at radius 2 is 1.19 bits per heavy atom. The first-order valence-electron chi connectivity index (χ1n) is 5.91. The van der Waals surface area contributed by atoms with Crippen LogP contribution in [-0.4, -0.2) is 0 Å². The molecule has 0 bridgehead atoms. The molecule has 0 radical (unpaired) electrons. The summed E-state index contributed by atoms with van der Waals surface area (Å²) < 4.78 is 0. The second-order valence-corrected chi connectivity index (χ2v) is 4.99. The fourth-order valence-electron chi connectivity index (χ4n) is 2.80. The van der Waals surface area contributed by atoms with Crippen molar-refractivity contribution < 1.29 is 0 Å². The first-order valence-corrected chi connectivity index (χ1v) is 5.91. The summed E-state index contributed by atoms with van der Waals surface area (Å²) >= 11 is 0. The van der Waals surface area contributed by atoms with Gasteiger partial charge in [0.05, 0.1) is 0 Å². The van der Waals surface area contributed by atoms with E-state index in [1.54, 1.807) is 0 Å². The van der Waals surface area contributed by atoms with E-state index >= 15 is 0 Å². The third kappa shape index (κ3) is 1.29. The minimum Gasteiger partial charge on any atom is -0.0622 e. The topological polar surface area (TPSA) is 0 Å². The van der Waals surface area contributed by atoms with Gasteiger partial charge in [-0.15, -0.1) is 0 Å². The van der Waals surface area contributed by atoms with E-state index in [-0.39, 0.29) is 5.41 Å². The summed E-state index contributed by atoms with van der Waals surface area (Å²) in [6, 6.07) is 10.8. The van der Waals surface area contributed by atoms with Crippen molar-refractivity contribution in [1.29, 1.82) is 0 Å². The minimum atomic E-state index is 0.107. The van der Waals surface area contributed by atoms with Gasteiger partial charge in [-0.3, -0.25) is 0 Å². The molecule has 1 aliphatic carbocycles. The molecule has 0 spiro atoms. The summed E-state index contributed by atoms with van der Waals surface area (Å²) in [5.74, 6) is 0. The number of hydrogen-bond acceptors (Lipinski definition) is 0. The highest BCUT2D eigenvalue weighted by Crippen LogP contribution is 2.47. The van der Waals surface area contributed by atoms with Crippen LogP contribution >= 0.6 is 0 Å². The third-order valence-electron chi connectivity index (χ3n) is 4.54. The van der Waals surface area contributed by atoms with Crippen molar-refractivity contribution >= 4 is 0 Å². The molecule has 0 heteroatoms. The van der Waals surface area contributed by atoms with Crippen LogP contribution in [0, 0.1) is 0 Å². The van der Waals surface area contributed by atoms with Gasteiger partial charge in [0, 0.05) is 5.41 Å². The molecule has 0 aliphatic heterocycles. The average molecular weight is 212 g/mol. The molecule has 0 saturated carbocycles. The van der Waals surface area contributed by atoms with Gasteiger partial charge in [-0.05, 0) is 51.3 Å². The lowest BCUT2D eigenvalue weighted by molar-refractivity contribution is 0.666. The van der Waals surface area contributed by atoms with Crippen LogP contribution in [0.25, 0.3) is 0 Å². The van der Waals surface area contributed by atoms with Gasteiger partial charge in [0.2, 0.25) is 0 Å². The van der Waals surface area contributed by atoms with Gasteiger partial charge in [0.15, 0.2) is 0 Å². The van der Waals surface area contributed by atoms with E-state index in [1.165, 1.54) is 27.9 Å². The molecule has 0 unspecified atom stereocenters. The van der Waals surface area contributed by atoms with Gasteiger partial charge in [-0.2, -0.15) is 0 Å². The van der Waals surface area contributed by atoms with Gasteiger partial charge >= 0.3 is 0 Å². The molecule has 0 saturated heterocycles. The van der Waals surface area contributed by atoms with Gasteiger partial charge in [0.25, 0.3) is 0 Å². The first-order chi connectivity index (χ1) is 7.49. The Labute approximate surface area is 98.7 Å². The molecule has 0 atom stereocenters. The second kappa shape index (κ2) is 3.62. The van der Waals surface area contributed by atoms with Crippen molar-refractivity contribution in [2.45, 2.75) is 40.0 Å². The Morgan fingerprint density at radius 1 is 0.750 bits per heavy atom. The van der Waals surface area contributed by atoms with Crippen molar-refractivity contribution in [1.82, 2.24) is 0 Å². The van der Waals surface area contributed by atoms with E-state index in [0.717, 1.165) is 0 Å². The summed E-state index contributed by atoms with van der Waals surface area (Å²) in [4.78, 5) is 0. The van der Waals surface area contributed by atoms with Crippen LogP contribution < -0.4 is 0 Å². The lowest BCUT2D eigenvalue weighted by Gasteiger charge is -2.30. The number of rotatable bonds is 1. The van der Waals surface area contributed by atoms with E-state index in [9.17, 15) is 0 Å². The Bertz CT molecular complexity index is 448. The van der Waals surface area contributed by atoms with Crippen LogP contribution in [0.1, 0.15) is 40.2 Å². The fraction of sp³-hybridized carbons (Fsp3) is 0.375. The zero-order valence-corrected chi connectivity index (χ0v) is 10.9. The van der Waals surface area contributed by atoms with Crippen molar-refractivity contribution in [2.24, 2.45) is 0 Å². The monoisotopic (exact) mass is 212 g/mol. The van der Waals surface area contributed by atoms with E-state index in [4.69, 9.17) is 0 Å². The smallest absolute Gasteiger partial charge is 0.0348 e. The fourth-order valence-corrected chi connectivity index (χ4v) is 2.80. The summed E-state index contributed by atoms with van der Waals surface area (Å²) in [7, 11) is 0. The maximum absolute atomic E-state index is 2.34. The van der Waals surface area contributed by atoms with Crippen LogP contribution in [0.5, 0.6) is 0 Å². The minimum absolute atomic E-state index is 0.107. The average Bonchev–Trinajstić information content (AvgIpc) is 2.47. The van der Waals surface area contributed by atoms with Crippen molar-refractivity contribution in [2.75, 3.05) is 0 Å². The lowest BCUT2D eigenvalue weighted by atomic mass is 9.73. The number of hydrogen-bond donors (Lipinski definition) is 0. The molecule has 1 aromatic carbocycles. The van der Waals surface area contributed by atoms with E-state index in [2.05, 4.69) is 65.0 Å². The zero-order valence-electron chi connectivity index (χ0n) is 10.9. The van der Waals surface area contributed by atoms with Gasteiger partial charge in [-0.1, -0.05) is 41.5 Å². The molecular formula is C16H20. The van der Waals surface area contributed by atoms with Crippen molar-refractivity contribution in [3.05, 3.63) is 58.2 Å². The van der Waals surface area contributed by atoms with Crippen LogP contribution in [0.15, 0.2) is 52.6 Å². The Balaban J connectivity index is 2.65. The number of benzene rings is 1. The molecule has 0 aromatic heterocycles. The standard InChI is InChI=1S/C16H20/c1-11-12(2)14(4)16(5,13(11)3)15-9-7-6-8-10-15/h6-10H,1-5H3. The normalized spacial score (nSPS) is 19.6. The molecule has 1 aliphatic rings. The SMILES string of the molecule is CC1=C(C)C(C)(c2ccccc2)C(C)=C1C. The molecule has 0 N–H and O–H groups in total. The molecule has 0 nitrogen and oxygen atoms in total. The predicted octanol–water partition coefficient (Wildman–Crippen LogP) is 4.63. The molecule has 2 rings (SSSR count). The quantitative estimate of drug-likeness (QED) is 0.636. The highest BCUT2D eigenvalue weighted by Gasteiger charge is 2.37. The summed E-state index contributed by atoms with van der Waals surface area (Å²) in [6.07, 6.45) is 0. The Kier molecular flexibility index (Phi) is 2.53. The van der Waals surface area contributed by atoms with Gasteiger partial charge in [-0.25, -0.2) is 0 Å². The molecule has 0 heterocycles.